The van der Waals surface area contributed by atoms with Gasteiger partial charge >= 0.3 is 18.4 Å². The number of carbonyl (C=O) groups excluding carboxylic acids is 1. The molecule has 1 aliphatic rings. The zero-order chi connectivity index (χ0) is 28.4. The Morgan fingerprint density at radius 2 is 1.41 bits per heavy atom. The van der Waals surface area contributed by atoms with Crippen molar-refractivity contribution in [2.75, 3.05) is 0 Å². The van der Waals surface area contributed by atoms with E-state index < -0.39 is 57.8 Å². The second-order valence-corrected chi connectivity index (χ2v) is 9.22. The van der Waals surface area contributed by atoms with E-state index in [2.05, 4.69) is 10.6 Å². The standard InChI is InChI=1S/C28H22F8N2O/c29-21-13-19(12-20(14-21)27(31,32)33)26(16-17-6-2-1-3-7-17,38-25(39)37-22-8-4-5-9-22)18-10-11-24(30)23(15-18)28(34,35)36/h1-7,10-15,22H,8-9,16H2,(H2,37,38,39)/t26-/m1/s1. The summed E-state index contributed by atoms with van der Waals surface area (Å²) in [5, 5.41) is 5.19. The first-order valence-corrected chi connectivity index (χ1v) is 11.8. The molecule has 39 heavy (non-hydrogen) atoms. The fourth-order valence-electron chi connectivity index (χ4n) is 4.62. The van der Waals surface area contributed by atoms with Gasteiger partial charge in [0.05, 0.1) is 16.7 Å². The lowest BCUT2D eigenvalue weighted by Gasteiger charge is -2.37. The number of benzene rings is 3. The Bertz CT molecular complexity index is 1360. The quantitative estimate of drug-likeness (QED) is 0.240. The largest absolute Gasteiger partial charge is 0.419 e. The van der Waals surface area contributed by atoms with Crippen LogP contribution >= 0.6 is 0 Å². The Morgan fingerprint density at radius 1 is 0.769 bits per heavy atom. The summed E-state index contributed by atoms with van der Waals surface area (Å²) >= 11 is 0. The summed E-state index contributed by atoms with van der Waals surface area (Å²) in [5.41, 5.74) is -5.73. The van der Waals surface area contributed by atoms with Crippen LogP contribution in [0.25, 0.3) is 0 Å². The molecule has 3 nitrogen and oxygen atoms in total. The number of amides is 2. The average molecular weight is 554 g/mol. The van der Waals surface area contributed by atoms with E-state index in [4.69, 9.17) is 0 Å². The maximum absolute atomic E-state index is 14.7. The van der Waals surface area contributed by atoms with Gasteiger partial charge < -0.3 is 10.6 Å². The Kier molecular flexibility index (Phi) is 7.72. The number of alkyl halides is 6. The predicted molar refractivity (Wildman–Crippen MR) is 128 cm³/mol. The van der Waals surface area contributed by atoms with Gasteiger partial charge in [-0.05, 0) is 59.9 Å². The van der Waals surface area contributed by atoms with Crippen molar-refractivity contribution in [1.29, 1.82) is 0 Å². The molecule has 206 valence electrons. The second-order valence-electron chi connectivity index (χ2n) is 9.22. The van der Waals surface area contributed by atoms with Gasteiger partial charge in [-0.25, -0.2) is 13.6 Å². The summed E-state index contributed by atoms with van der Waals surface area (Å²) in [6, 6.07) is 10.0. The number of urea groups is 1. The van der Waals surface area contributed by atoms with E-state index in [0.717, 1.165) is 6.07 Å². The van der Waals surface area contributed by atoms with Gasteiger partial charge in [-0.1, -0.05) is 48.6 Å². The molecular weight excluding hydrogens is 532 g/mol. The third-order valence-corrected chi connectivity index (χ3v) is 6.46. The highest BCUT2D eigenvalue weighted by Crippen LogP contribution is 2.41. The molecule has 3 aromatic rings. The number of rotatable bonds is 6. The lowest BCUT2D eigenvalue weighted by Crippen LogP contribution is -2.54. The van der Waals surface area contributed by atoms with E-state index in [1.165, 1.54) is 0 Å². The highest BCUT2D eigenvalue weighted by Gasteiger charge is 2.42. The topological polar surface area (TPSA) is 41.1 Å². The zero-order valence-corrected chi connectivity index (χ0v) is 20.1. The van der Waals surface area contributed by atoms with Gasteiger partial charge in [0.15, 0.2) is 0 Å². The van der Waals surface area contributed by atoms with E-state index in [1.54, 1.807) is 42.5 Å². The average Bonchev–Trinajstić information content (AvgIpc) is 3.35. The van der Waals surface area contributed by atoms with Gasteiger partial charge in [0, 0.05) is 12.5 Å². The van der Waals surface area contributed by atoms with E-state index in [9.17, 15) is 39.9 Å². The Balaban J connectivity index is 1.98. The van der Waals surface area contributed by atoms with Gasteiger partial charge in [-0.2, -0.15) is 26.3 Å². The van der Waals surface area contributed by atoms with Crippen LogP contribution in [-0.2, 0) is 24.3 Å². The molecular formula is C28H22F8N2O. The van der Waals surface area contributed by atoms with Crippen LogP contribution in [0, 0.1) is 11.6 Å². The van der Waals surface area contributed by atoms with Crippen LogP contribution in [0.3, 0.4) is 0 Å². The minimum absolute atomic E-state index is 0.243. The minimum atomic E-state index is -5.16. The number of halogens is 8. The summed E-state index contributed by atoms with van der Waals surface area (Å²) in [6.45, 7) is 0. The maximum atomic E-state index is 14.7. The smallest absolute Gasteiger partial charge is 0.335 e. The van der Waals surface area contributed by atoms with Gasteiger partial charge in [0.1, 0.15) is 11.6 Å². The highest BCUT2D eigenvalue weighted by molar-refractivity contribution is 5.76. The molecule has 3 aromatic carbocycles. The van der Waals surface area contributed by atoms with Gasteiger partial charge in [0.25, 0.3) is 0 Å². The third-order valence-electron chi connectivity index (χ3n) is 6.46. The molecule has 1 aliphatic carbocycles. The van der Waals surface area contributed by atoms with Crippen molar-refractivity contribution in [2.24, 2.45) is 0 Å². The lowest BCUT2D eigenvalue weighted by atomic mass is 9.77. The second kappa shape index (κ2) is 10.7. The van der Waals surface area contributed by atoms with Crippen molar-refractivity contribution in [1.82, 2.24) is 10.6 Å². The number of nitrogens with one attached hydrogen (secondary N) is 2. The van der Waals surface area contributed by atoms with E-state index in [1.807, 2.05) is 0 Å². The molecule has 0 saturated heterocycles. The monoisotopic (exact) mass is 554 g/mol. The molecule has 0 bridgehead atoms. The normalized spacial score (nSPS) is 15.7. The van der Waals surface area contributed by atoms with Crippen molar-refractivity contribution in [2.45, 2.75) is 43.2 Å². The number of carbonyl (C=O) groups is 1. The Labute approximate surface area is 218 Å². The molecule has 0 spiro atoms. The van der Waals surface area contributed by atoms with E-state index in [-0.39, 0.29) is 18.5 Å². The fraction of sp³-hybridized carbons (Fsp3) is 0.250. The molecule has 0 saturated carbocycles. The summed E-state index contributed by atoms with van der Waals surface area (Å²) in [4.78, 5) is 13.2. The molecule has 0 aliphatic heterocycles. The lowest BCUT2D eigenvalue weighted by molar-refractivity contribution is -0.140. The Hall–Kier alpha value is -3.89. The maximum Gasteiger partial charge on any atom is 0.419 e. The molecule has 1 atom stereocenters. The first-order valence-electron chi connectivity index (χ1n) is 11.8. The van der Waals surface area contributed by atoms with Crippen molar-refractivity contribution >= 4 is 6.03 Å². The first-order chi connectivity index (χ1) is 18.3. The minimum Gasteiger partial charge on any atom is -0.335 e. The van der Waals surface area contributed by atoms with E-state index >= 15 is 0 Å². The highest BCUT2D eigenvalue weighted by atomic mass is 19.4. The molecule has 4 rings (SSSR count). The molecule has 0 radical (unpaired) electrons. The van der Waals surface area contributed by atoms with Crippen molar-refractivity contribution in [3.63, 3.8) is 0 Å². The van der Waals surface area contributed by atoms with Crippen LogP contribution in [0.4, 0.5) is 39.9 Å². The van der Waals surface area contributed by atoms with Gasteiger partial charge in [-0.3, -0.25) is 0 Å². The summed E-state index contributed by atoms with van der Waals surface area (Å²) in [5.74, 6) is -2.94. The van der Waals surface area contributed by atoms with E-state index in [0.29, 0.717) is 42.7 Å². The van der Waals surface area contributed by atoms with Gasteiger partial charge in [-0.15, -0.1) is 0 Å². The molecule has 0 aromatic heterocycles. The van der Waals surface area contributed by atoms with Gasteiger partial charge in [0.2, 0.25) is 0 Å². The summed E-state index contributed by atoms with van der Waals surface area (Å²) in [6.07, 6.45) is -6.01. The number of hydrogen-bond acceptors (Lipinski definition) is 1. The van der Waals surface area contributed by atoms with Crippen LogP contribution in [0.15, 0.2) is 78.9 Å². The molecule has 2 amide bonds. The number of hydrogen-bond donors (Lipinski definition) is 2. The fourth-order valence-corrected chi connectivity index (χ4v) is 4.62. The van der Waals surface area contributed by atoms with Crippen LogP contribution in [-0.4, -0.2) is 12.1 Å². The summed E-state index contributed by atoms with van der Waals surface area (Å²) < 4.78 is 111. The predicted octanol–water partition coefficient (Wildman–Crippen LogP) is 7.51. The zero-order valence-electron chi connectivity index (χ0n) is 20.1. The summed E-state index contributed by atoms with van der Waals surface area (Å²) in [7, 11) is 0. The van der Waals surface area contributed by atoms with Crippen LogP contribution in [0.1, 0.15) is 40.7 Å². The molecule has 0 unspecified atom stereocenters. The Morgan fingerprint density at radius 3 is 2.03 bits per heavy atom. The molecule has 0 heterocycles. The molecule has 2 N–H and O–H groups in total. The molecule has 11 heteroatoms. The SMILES string of the molecule is O=C(NC1CC=CC1)N[C@@](Cc1ccccc1)(c1cc(F)cc(C(F)(F)F)c1)c1ccc(F)c(C(F)(F)F)c1. The first kappa shape index (κ1) is 28.1. The van der Waals surface area contributed by atoms with Crippen LogP contribution in [0.2, 0.25) is 0 Å². The van der Waals surface area contributed by atoms with Crippen molar-refractivity contribution in [3.05, 3.63) is 118 Å². The van der Waals surface area contributed by atoms with Crippen LogP contribution < -0.4 is 10.6 Å². The third kappa shape index (κ3) is 6.40. The van der Waals surface area contributed by atoms with Crippen molar-refractivity contribution in [3.8, 4) is 0 Å². The van der Waals surface area contributed by atoms with Crippen LogP contribution in [0.5, 0.6) is 0 Å². The van der Waals surface area contributed by atoms with Crippen molar-refractivity contribution < 1.29 is 39.9 Å². The molecule has 0 fully saturated rings.